The van der Waals surface area contributed by atoms with Crippen molar-refractivity contribution in [2.24, 2.45) is 0 Å². The van der Waals surface area contributed by atoms with Gasteiger partial charge in [-0.25, -0.2) is 15.0 Å². The lowest BCUT2D eigenvalue weighted by Gasteiger charge is -2.13. The molecule has 6 nitrogen and oxygen atoms in total. The van der Waals surface area contributed by atoms with Gasteiger partial charge in [-0.2, -0.15) is 0 Å². The lowest BCUT2D eigenvalue weighted by molar-refractivity contribution is 0.202. The number of imidazole rings is 1. The first-order valence-corrected chi connectivity index (χ1v) is 9.03. The second kappa shape index (κ2) is 8.02. The highest BCUT2D eigenvalue weighted by Crippen LogP contribution is 2.31. The van der Waals surface area contributed by atoms with E-state index in [0.717, 1.165) is 34.2 Å². The molecule has 0 saturated heterocycles. The quantitative estimate of drug-likeness (QED) is 0.559. The summed E-state index contributed by atoms with van der Waals surface area (Å²) < 4.78 is 7.70. The van der Waals surface area contributed by atoms with Crippen molar-refractivity contribution in [3.05, 3.63) is 79.0 Å². The molecule has 0 bridgehead atoms. The van der Waals surface area contributed by atoms with Crippen LogP contribution in [-0.2, 0) is 0 Å². The second-order valence-electron chi connectivity index (χ2n) is 6.23. The Kier molecular flexibility index (Phi) is 5.12. The molecular weight excluding hydrogens is 352 g/mol. The van der Waals surface area contributed by atoms with Gasteiger partial charge in [0.1, 0.15) is 24.0 Å². The van der Waals surface area contributed by atoms with Crippen LogP contribution in [0.25, 0.3) is 28.3 Å². The molecular formula is C22H20N4O2. The maximum atomic E-state index is 9.08. The summed E-state index contributed by atoms with van der Waals surface area (Å²) in [6.07, 6.45) is 5.45. The molecule has 0 aliphatic heterocycles. The number of rotatable bonds is 6. The van der Waals surface area contributed by atoms with E-state index >= 15 is 0 Å². The Hall–Kier alpha value is -3.51. The maximum Gasteiger partial charge on any atom is 0.148 e. The van der Waals surface area contributed by atoms with E-state index in [-0.39, 0.29) is 13.2 Å². The average Bonchev–Trinajstić information content (AvgIpc) is 3.22. The Balaban J connectivity index is 1.76. The zero-order valence-electron chi connectivity index (χ0n) is 15.5. The van der Waals surface area contributed by atoms with Crippen molar-refractivity contribution in [2.45, 2.75) is 6.92 Å². The summed E-state index contributed by atoms with van der Waals surface area (Å²) in [4.78, 5) is 13.2. The fourth-order valence-electron chi connectivity index (χ4n) is 3.08. The molecule has 2 aromatic heterocycles. The summed E-state index contributed by atoms with van der Waals surface area (Å²) >= 11 is 0. The number of aliphatic hydroxyl groups is 1. The van der Waals surface area contributed by atoms with Crippen molar-refractivity contribution in [2.75, 3.05) is 13.2 Å². The molecule has 4 aromatic rings. The molecule has 0 fully saturated rings. The molecule has 0 spiro atoms. The van der Waals surface area contributed by atoms with E-state index in [9.17, 15) is 0 Å². The van der Waals surface area contributed by atoms with Gasteiger partial charge in [0.25, 0.3) is 0 Å². The number of benzene rings is 2. The van der Waals surface area contributed by atoms with E-state index < -0.39 is 0 Å². The lowest BCUT2D eigenvalue weighted by atomic mass is 10.1. The highest BCUT2D eigenvalue weighted by atomic mass is 16.5. The van der Waals surface area contributed by atoms with Gasteiger partial charge in [0, 0.05) is 29.8 Å². The Morgan fingerprint density at radius 2 is 1.89 bits per heavy atom. The first-order valence-electron chi connectivity index (χ1n) is 9.03. The third-order valence-electron chi connectivity index (χ3n) is 4.31. The molecule has 140 valence electrons. The predicted molar refractivity (Wildman–Crippen MR) is 107 cm³/mol. The second-order valence-corrected chi connectivity index (χ2v) is 6.23. The fourth-order valence-corrected chi connectivity index (χ4v) is 3.08. The van der Waals surface area contributed by atoms with Crippen molar-refractivity contribution in [3.8, 4) is 34.1 Å². The summed E-state index contributed by atoms with van der Waals surface area (Å²) in [7, 11) is 0. The Morgan fingerprint density at radius 3 is 2.75 bits per heavy atom. The zero-order valence-corrected chi connectivity index (χ0v) is 15.5. The fraction of sp³-hybridized carbons (Fsp3) is 0.136. The number of ether oxygens (including phenoxy) is 1. The highest BCUT2D eigenvalue weighted by molar-refractivity contribution is 5.68. The summed E-state index contributed by atoms with van der Waals surface area (Å²) in [6.45, 7) is 2.08. The summed E-state index contributed by atoms with van der Waals surface area (Å²) in [5.41, 5.74) is 3.72. The van der Waals surface area contributed by atoms with Gasteiger partial charge in [0.05, 0.1) is 17.9 Å². The zero-order chi connectivity index (χ0) is 19.3. The predicted octanol–water partition coefficient (Wildman–Crippen LogP) is 3.68. The first-order chi connectivity index (χ1) is 13.8. The molecule has 0 radical (unpaired) electrons. The summed E-state index contributed by atoms with van der Waals surface area (Å²) in [6, 6.07) is 17.7. The lowest BCUT2D eigenvalue weighted by Crippen LogP contribution is -2.04. The molecule has 1 N–H and O–H groups in total. The standard InChI is InChI=1S/C22H20N4O2/c1-16-23-10-9-20(25-16)17-5-4-6-18(15-17)26-12-11-24-22(26)19-7-2-3-8-21(19)28-14-13-27/h2-12,15,27H,13-14H2,1H3. The van der Waals surface area contributed by atoms with Crippen LogP contribution in [0.4, 0.5) is 0 Å². The van der Waals surface area contributed by atoms with Crippen LogP contribution in [0, 0.1) is 6.92 Å². The number of para-hydroxylation sites is 1. The molecule has 0 amide bonds. The van der Waals surface area contributed by atoms with Crippen molar-refractivity contribution in [3.63, 3.8) is 0 Å². The SMILES string of the molecule is Cc1nccc(-c2cccc(-n3ccnc3-c3ccccc3OCCO)c2)n1. The molecule has 0 aliphatic rings. The molecule has 4 rings (SSSR count). The van der Waals surface area contributed by atoms with Crippen LogP contribution in [0.2, 0.25) is 0 Å². The van der Waals surface area contributed by atoms with Crippen LogP contribution in [0.1, 0.15) is 5.82 Å². The van der Waals surface area contributed by atoms with Crippen LogP contribution in [0.15, 0.2) is 73.2 Å². The molecule has 0 saturated carbocycles. The summed E-state index contributed by atoms with van der Waals surface area (Å²) in [5.74, 6) is 2.19. The Morgan fingerprint density at radius 1 is 1.00 bits per heavy atom. The maximum absolute atomic E-state index is 9.08. The number of nitrogens with zero attached hydrogens (tertiary/aromatic N) is 4. The van der Waals surface area contributed by atoms with Crippen LogP contribution >= 0.6 is 0 Å². The number of aliphatic hydroxyl groups excluding tert-OH is 1. The van der Waals surface area contributed by atoms with Crippen molar-refractivity contribution in [1.29, 1.82) is 0 Å². The normalized spacial score (nSPS) is 10.8. The molecule has 2 heterocycles. The van der Waals surface area contributed by atoms with E-state index in [1.165, 1.54) is 0 Å². The summed E-state index contributed by atoms with van der Waals surface area (Å²) in [5, 5.41) is 9.08. The Labute approximate surface area is 163 Å². The molecule has 0 unspecified atom stereocenters. The third-order valence-corrected chi connectivity index (χ3v) is 4.31. The topological polar surface area (TPSA) is 73.1 Å². The van der Waals surface area contributed by atoms with Crippen molar-refractivity contribution >= 4 is 0 Å². The van der Waals surface area contributed by atoms with E-state index in [1.807, 2.05) is 66.2 Å². The minimum absolute atomic E-state index is 0.0385. The van der Waals surface area contributed by atoms with Gasteiger partial charge in [-0.3, -0.25) is 4.57 Å². The Bertz CT molecular complexity index is 1090. The van der Waals surface area contributed by atoms with Crippen LogP contribution in [-0.4, -0.2) is 37.8 Å². The molecule has 0 atom stereocenters. The molecule has 0 aliphatic carbocycles. The third kappa shape index (κ3) is 3.63. The van der Waals surface area contributed by atoms with Crippen LogP contribution in [0.3, 0.4) is 0 Å². The van der Waals surface area contributed by atoms with Crippen molar-refractivity contribution in [1.82, 2.24) is 19.5 Å². The van der Waals surface area contributed by atoms with E-state index in [0.29, 0.717) is 5.75 Å². The van der Waals surface area contributed by atoms with E-state index in [1.54, 1.807) is 12.4 Å². The average molecular weight is 372 g/mol. The van der Waals surface area contributed by atoms with Gasteiger partial charge in [-0.15, -0.1) is 0 Å². The van der Waals surface area contributed by atoms with E-state index in [2.05, 4.69) is 21.0 Å². The first kappa shape index (κ1) is 17.9. The van der Waals surface area contributed by atoms with Gasteiger partial charge < -0.3 is 9.84 Å². The van der Waals surface area contributed by atoms with Crippen LogP contribution < -0.4 is 4.74 Å². The molecule has 2 aromatic carbocycles. The molecule has 6 heteroatoms. The number of aryl methyl sites for hydroxylation is 1. The minimum atomic E-state index is -0.0385. The van der Waals surface area contributed by atoms with Gasteiger partial charge in [-0.05, 0) is 37.3 Å². The number of aromatic nitrogens is 4. The minimum Gasteiger partial charge on any atom is -0.490 e. The van der Waals surface area contributed by atoms with Gasteiger partial charge in [0.15, 0.2) is 0 Å². The highest BCUT2D eigenvalue weighted by Gasteiger charge is 2.13. The van der Waals surface area contributed by atoms with Gasteiger partial charge in [-0.1, -0.05) is 24.3 Å². The smallest absolute Gasteiger partial charge is 0.148 e. The molecule has 28 heavy (non-hydrogen) atoms. The number of hydrogen-bond acceptors (Lipinski definition) is 5. The largest absolute Gasteiger partial charge is 0.490 e. The van der Waals surface area contributed by atoms with E-state index in [4.69, 9.17) is 9.84 Å². The van der Waals surface area contributed by atoms with Gasteiger partial charge >= 0.3 is 0 Å². The monoisotopic (exact) mass is 372 g/mol. The number of hydrogen-bond donors (Lipinski definition) is 1. The van der Waals surface area contributed by atoms with Crippen molar-refractivity contribution < 1.29 is 9.84 Å². The van der Waals surface area contributed by atoms with Gasteiger partial charge in [0.2, 0.25) is 0 Å². The van der Waals surface area contributed by atoms with Crippen LogP contribution in [0.5, 0.6) is 5.75 Å².